The van der Waals surface area contributed by atoms with Gasteiger partial charge in [0.15, 0.2) is 0 Å². The molecule has 0 spiro atoms. The van der Waals surface area contributed by atoms with Crippen LogP contribution in [0, 0.1) is 0 Å². The summed E-state index contributed by atoms with van der Waals surface area (Å²) in [5.41, 5.74) is 1.34. The Balaban J connectivity index is 1.92. The number of aryl methyl sites for hydroxylation is 1. The van der Waals surface area contributed by atoms with Crippen molar-refractivity contribution in [3.63, 3.8) is 0 Å². The Hall–Kier alpha value is -1.94. The first-order chi connectivity index (χ1) is 13.2. The highest BCUT2D eigenvalue weighted by Gasteiger charge is 2.20. The zero-order valence-electron chi connectivity index (χ0n) is 15.7. The second-order valence-electron chi connectivity index (χ2n) is 6.30. The fraction of sp³-hybridized carbons (Fsp3) is 0.333. The smallest absolute Gasteiger partial charge is 0.348 e. The van der Waals surface area contributed by atoms with Crippen molar-refractivity contribution in [3.8, 4) is 0 Å². The van der Waals surface area contributed by atoms with E-state index in [2.05, 4.69) is 4.98 Å². The number of hydrogen-bond acceptors (Lipinski definition) is 6. The van der Waals surface area contributed by atoms with Crippen molar-refractivity contribution in [2.75, 3.05) is 14.1 Å². The number of aromatic nitrogens is 2. The molecular weight excluding hydrogens is 422 g/mol. The Labute approximate surface area is 172 Å². The van der Waals surface area contributed by atoms with Gasteiger partial charge in [0.1, 0.15) is 17.3 Å². The number of imidazole rings is 1. The Morgan fingerprint density at radius 2 is 2.04 bits per heavy atom. The van der Waals surface area contributed by atoms with Crippen molar-refractivity contribution in [1.29, 1.82) is 0 Å². The molecule has 0 aliphatic heterocycles. The van der Waals surface area contributed by atoms with Gasteiger partial charge in [-0.3, -0.25) is 0 Å². The van der Waals surface area contributed by atoms with Crippen LogP contribution in [0.25, 0.3) is 11.0 Å². The number of fused-ring (bicyclic) bond motifs is 1. The number of carbonyl (C=O) groups is 1. The van der Waals surface area contributed by atoms with E-state index in [1.54, 1.807) is 30.3 Å². The molecular formula is C18H20ClN3O4S2. The summed E-state index contributed by atoms with van der Waals surface area (Å²) in [6, 6.07) is 8.10. The number of ether oxygens (including phenoxy) is 1. The molecule has 0 unspecified atom stereocenters. The molecule has 0 aliphatic rings. The summed E-state index contributed by atoms with van der Waals surface area (Å²) in [5, 5.41) is 0. The van der Waals surface area contributed by atoms with Crippen LogP contribution in [0.1, 0.15) is 28.8 Å². The highest BCUT2D eigenvalue weighted by atomic mass is 35.5. The van der Waals surface area contributed by atoms with Gasteiger partial charge in [-0.15, -0.1) is 11.3 Å². The molecule has 2 heterocycles. The van der Waals surface area contributed by atoms with Crippen LogP contribution >= 0.6 is 22.9 Å². The van der Waals surface area contributed by atoms with E-state index in [9.17, 15) is 13.2 Å². The molecule has 2 aromatic heterocycles. The van der Waals surface area contributed by atoms with Crippen molar-refractivity contribution in [2.45, 2.75) is 31.4 Å². The van der Waals surface area contributed by atoms with Crippen LogP contribution in [0.4, 0.5) is 0 Å². The van der Waals surface area contributed by atoms with Gasteiger partial charge in [0.05, 0.1) is 20.3 Å². The molecule has 0 saturated carbocycles. The molecule has 0 radical (unpaired) electrons. The van der Waals surface area contributed by atoms with Crippen LogP contribution in [0.5, 0.6) is 0 Å². The minimum Gasteiger partial charge on any atom is -0.453 e. The van der Waals surface area contributed by atoms with Crippen LogP contribution < -0.4 is 0 Å². The normalized spacial score (nSPS) is 12.0. The van der Waals surface area contributed by atoms with Gasteiger partial charge >= 0.3 is 5.97 Å². The number of halogens is 1. The minimum atomic E-state index is -3.56. The van der Waals surface area contributed by atoms with Gasteiger partial charge < -0.3 is 9.30 Å². The summed E-state index contributed by atoms with van der Waals surface area (Å²) in [6.07, 6.45) is 0.852. The minimum absolute atomic E-state index is 0.0151. The Bertz CT molecular complexity index is 1120. The first-order valence-electron chi connectivity index (χ1n) is 8.58. The number of nitrogens with zero attached hydrogens (tertiary/aromatic N) is 3. The second-order valence-corrected chi connectivity index (χ2v) is 10.2. The van der Waals surface area contributed by atoms with E-state index in [1.165, 1.54) is 14.1 Å². The summed E-state index contributed by atoms with van der Waals surface area (Å²) in [5.74, 6) is 0.0927. The van der Waals surface area contributed by atoms with Gasteiger partial charge in [0.25, 0.3) is 0 Å². The lowest BCUT2D eigenvalue weighted by molar-refractivity contribution is 0.0464. The lowest BCUT2D eigenvalue weighted by atomic mass is 10.3. The van der Waals surface area contributed by atoms with Crippen molar-refractivity contribution < 1.29 is 17.9 Å². The Morgan fingerprint density at radius 1 is 1.29 bits per heavy atom. The first kappa shape index (κ1) is 20.8. The van der Waals surface area contributed by atoms with E-state index in [0.29, 0.717) is 27.1 Å². The molecule has 0 saturated heterocycles. The molecule has 0 fully saturated rings. The molecule has 7 nitrogen and oxygen atoms in total. The number of hydrogen-bond donors (Lipinski definition) is 0. The largest absolute Gasteiger partial charge is 0.453 e. The summed E-state index contributed by atoms with van der Waals surface area (Å²) in [6.45, 7) is 2.69. The van der Waals surface area contributed by atoms with Crippen molar-refractivity contribution in [2.24, 2.45) is 0 Å². The molecule has 0 amide bonds. The van der Waals surface area contributed by atoms with Crippen LogP contribution in [0.3, 0.4) is 0 Å². The van der Waals surface area contributed by atoms with Crippen LogP contribution in [0.2, 0.25) is 4.34 Å². The number of esters is 1. The number of thiophene rings is 1. The van der Waals surface area contributed by atoms with Crippen LogP contribution in [0.15, 0.2) is 35.2 Å². The fourth-order valence-electron chi connectivity index (χ4n) is 2.74. The van der Waals surface area contributed by atoms with Crippen molar-refractivity contribution in [1.82, 2.24) is 13.9 Å². The predicted octanol–water partition coefficient (Wildman–Crippen LogP) is 3.77. The summed E-state index contributed by atoms with van der Waals surface area (Å²) in [7, 11) is -0.590. The number of rotatable bonds is 7. The quantitative estimate of drug-likeness (QED) is 0.521. The van der Waals surface area contributed by atoms with E-state index < -0.39 is 16.0 Å². The molecule has 0 atom stereocenters. The molecule has 1 aromatic carbocycles. The average Bonchev–Trinajstić information content (AvgIpc) is 3.23. The molecule has 10 heteroatoms. The second kappa shape index (κ2) is 8.20. The summed E-state index contributed by atoms with van der Waals surface area (Å²) < 4.78 is 33.8. The summed E-state index contributed by atoms with van der Waals surface area (Å²) in [4.78, 5) is 17.3. The lowest BCUT2D eigenvalue weighted by Crippen LogP contribution is -2.22. The Kier molecular flexibility index (Phi) is 6.09. The van der Waals surface area contributed by atoms with Gasteiger partial charge in [-0.25, -0.2) is 22.5 Å². The maximum absolute atomic E-state index is 12.4. The lowest BCUT2D eigenvalue weighted by Gasteiger charge is -2.11. The van der Waals surface area contributed by atoms with Gasteiger partial charge in [-0.05, 0) is 36.8 Å². The summed E-state index contributed by atoms with van der Waals surface area (Å²) >= 11 is 7.01. The van der Waals surface area contributed by atoms with Crippen LogP contribution in [-0.4, -0.2) is 42.3 Å². The Morgan fingerprint density at radius 3 is 2.64 bits per heavy atom. The molecule has 150 valence electrons. The van der Waals surface area contributed by atoms with E-state index in [-0.39, 0.29) is 11.5 Å². The fourth-order valence-corrected chi connectivity index (χ4v) is 4.60. The van der Waals surface area contributed by atoms with Crippen molar-refractivity contribution >= 4 is 50.0 Å². The van der Waals surface area contributed by atoms with Gasteiger partial charge in [-0.2, -0.15) is 0 Å². The van der Waals surface area contributed by atoms with E-state index in [0.717, 1.165) is 27.6 Å². The molecule has 0 N–H and O–H groups in total. The zero-order valence-corrected chi connectivity index (χ0v) is 18.1. The van der Waals surface area contributed by atoms with Gasteiger partial charge in [-0.1, -0.05) is 18.5 Å². The number of benzene rings is 1. The van der Waals surface area contributed by atoms with Gasteiger partial charge in [0.2, 0.25) is 10.0 Å². The van der Waals surface area contributed by atoms with E-state index in [4.69, 9.17) is 16.3 Å². The zero-order chi connectivity index (χ0) is 20.5. The highest BCUT2D eigenvalue weighted by Crippen LogP contribution is 2.25. The maximum atomic E-state index is 12.4. The highest BCUT2D eigenvalue weighted by molar-refractivity contribution is 7.89. The maximum Gasteiger partial charge on any atom is 0.348 e. The third-order valence-corrected chi connectivity index (χ3v) is 7.15. The molecule has 3 aromatic rings. The van der Waals surface area contributed by atoms with Crippen LogP contribution in [-0.2, 0) is 27.9 Å². The van der Waals surface area contributed by atoms with Gasteiger partial charge in [0, 0.05) is 20.6 Å². The molecule has 0 aliphatic carbocycles. The SMILES string of the molecule is CCCn1c(COC(=O)c2ccc(Cl)s2)nc2cc(S(=O)(=O)N(C)C)ccc21. The first-order valence-corrected chi connectivity index (χ1v) is 11.2. The number of carbonyl (C=O) groups excluding carboxylic acids is 1. The third-order valence-electron chi connectivity index (χ3n) is 4.13. The predicted molar refractivity (Wildman–Crippen MR) is 109 cm³/mol. The monoisotopic (exact) mass is 441 g/mol. The topological polar surface area (TPSA) is 81.5 Å². The van der Waals surface area contributed by atoms with E-state index in [1.807, 2.05) is 11.5 Å². The number of sulfonamides is 1. The molecule has 0 bridgehead atoms. The van der Waals surface area contributed by atoms with Crippen molar-refractivity contribution in [3.05, 3.63) is 45.4 Å². The third kappa shape index (κ3) is 4.07. The standard InChI is InChI=1S/C18H20ClN3O4S2/c1-4-9-22-14-6-5-12(28(24,25)21(2)3)10-13(14)20-17(22)11-26-18(23)15-7-8-16(19)27-15/h5-8,10H,4,9,11H2,1-3H3. The average molecular weight is 442 g/mol. The molecule has 28 heavy (non-hydrogen) atoms. The molecule has 3 rings (SSSR count). The van der Waals surface area contributed by atoms with E-state index >= 15 is 0 Å².